The number of carboxylic acid groups (broad SMARTS) is 1. The van der Waals surface area contributed by atoms with Crippen LogP contribution in [0.2, 0.25) is 0 Å². The van der Waals surface area contributed by atoms with E-state index in [0.717, 1.165) is 9.75 Å². The van der Waals surface area contributed by atoms with E-state index >= 15 is 0 Å². The maximum Gasteiger partial charge on any atom is 0.310 e. The van der Waals surface area contributed by atoms with E-state index in [9.17, 15) is 9.59 Å². The summed E-state index contributed by atoms with van der Waals surface area (Å²) in [5.74, 6) is -1.13. The zero-order chi connectivity index (χ0) is 13.2. The highest BCUT2D eigenvalue weighted by Gasteiger charge is 2.28. The quantitative estimate of drug-likeness (QED) is 0.866. The number of carbonyl (C=O) groups excluding carboxylic acids is 1. The molecule has 0 spiro atoms. The highest BCUT2D eigenvalue weighted by atomic mass is 32.1. The van der Waals surface area contributed by atoms with Gasteiger partial charge in [0.1, 0.15) is 0 Å². The topological polar surface area (TPSA) is 66.4 Å². The van der Waals surface area contributed by atoms with Crippen molar-refractivity contribution in [1.29, 1.82) is 0 Å². The molecule has 1 amide bonds. The van der Waals surface area contributed by atoms with Crippen molar-refractivity contribution in [3.63, 3.8) is 0 Å². The number of amides is 1. The molecule has 0 saturated heterocycles. The van der Waals surface area contributed by atoms with Crippen molar-refractivity contribution in [3.05, 3.63) is 21.4 Å². The van der Waals surface area contributed by atoms with E-state index in [-0.39, 0.29) is 12.5 Å². The third-order valence-corrected chi connectivity index (χ3v) is 3.52. The largest absolute Gasteiger partial charge is 0.481 e. The van der Waals surface area contributed by atoms with E-state index < -0.39 is 11.4 Å². The second-order valence-electron chi connectivity index (χ2n) is 4.70. The van der Waals surface area contributed by atoms with E-state index in [1.807, 2.05) is 19.9 Å². The summed E-state index contributed by atoms with van der Waals surface area (Å²) in [5.41, 5.74) is -0.317. The van der Waals surface area contributed by atoms with Crippen LogP contribution in [0.3, 0.4) is 0 Å². The SMILES string of the molecule is Cc1cc(C(=O)NCC(C)(C)C(=O)O)c(C)s1. The number of aliphatic carboxylic acids is 1. The molecule has 1 heterocycles. The Hall–Kier alpha value is -1.36. The Balaban J connectivity index is 2.68. The zero-order valence-electron chi connectivity index (χ0n) is 10.5. The van der Waals surface area contributed by atoms with Crippen LogP contribution in [-0.4, -0.2) is 23.5 Å². The minimum atomic E-state index is -0.950. The molecular weight excluding hydrogens is 238 g/mol. The minimum absolute atomic E-state index is 0.121. The Morgan fingerprint density at radius 2 is 2.00 bits per heavy atom. The number of hydrogen-bond donors (Lipinski definition) is 2. The normalized spacial score (nSPS) is 11.3. The van der Waals surface area contributed by atoms with Crippen molar-refractivity contribution >= 4 is 23.2 Å². The van der Waals surface area contributed by atoms with Crippen LogP contribution in [-0.2, 0) is 4.79 Å². The molecular formula is C12H17NO3S. The molecule has 0 aliphatic carbocycles. The van der Waals surface area contributed by atoms with Crippen LogP contribution in [0.25, 0.3) is 0 Å². The summed E-state index contributed by atoms with van der Waals surface area (Å²) in [6, 6.07) is 1.82. The molecule has 0 aliphatic heterocycles. The Labute approximate surface area is 105 Å². The smallest absolute Gasteiger partial charge is 0.310 e. The van der Waals surface area contributed by atoms with E-state index in [1.54, 1.807) is 25.2 Å². The van der Waals surface area contributed by atoms with Gasteiger partial charge in [-0.3, -0.25) is 9.59 Å². The maximum absolute atomic E-state index is 11.9. The minimum Gasteiger partial charge on any atom is -0.481 e. The summed E-state index contributed by atoms with van der Waals surface area (Å²) in [7, 11) is 0. The lowest BCUT2D eigenvalue weighted by Gasteiger charge is -2.19. The fourth-order valence-corrected chi connectivity index (χ4v) is 2.25. The second-order valence-corrected chi connectivity index (χ2v) is 6.16. The Morgan fingerprint density at radius 3 is 2.41 bits per heavy atom. The number of hydrogen-bond acceptors (Lipinski definition) is 3. The number of thiophene rings is 1. The van der Waals surface area contributed by atoms with Crippen LogP contribution in [0.1, 0.15) is 34.0 Å². The summed E-state index contributed by atoms with van der Waals surface area (Å²) >= 11 is 1.56. The monoisotopic (exact) mass is 255 g/mol. The summed E-state index contributed by atoms with van der Waals surface area (Å²) in [4.78, 5) is 24.8. The first-order chi connectivity index (χ1) is 7.74. The van der Waals surface area contributed by atoms with Gasteiger partial charge >= 0.3 is 5.97 Å². The van der Waals surface area contributed by atoms with Crippen LogP contribution in [0.15, 0.2) is 6.07 Å². The molecule has 0 atom stereocenters. The summed E-state index contributed by atoms with van der Waals surface area (Å²) < 4.78 is 0. The van der Waals surface area contributed by atoms with Crippen molar-refractivity contribution in [3.8, 4) is 0 Å². The van der Waals surface area contributed by atoms with Gasteiger partial charge in [-0.25, -0.2) is 0 Å². The number of aryl methyl sites for hydroxylation is 2. The highest BCUT2D eigenvalue weighted by Crippen LogP contribution is 2.21. The van der Waals surface area contributed by atoms with Crippen LogP contribution in [0, 0.1) is 19.3 Å². The van der Waals surface area contributed by atoms with Gasteiger partial charge in [-0.05, 0) is 33.8 Å². The number of rotatable bonds is 4. The molecule has 17 heavy (non-hydrogen) atoms. The van der Waals surface area contributed by atoms with Gasteiger partial charge in [0.2, 0.25) is 0 Å². The van der Waals surface area contributed by atoms with E-state index in [0.29, 0.717) is 5.56 Å². The van der Waals surface area contributed by atoms with Gasteiger partial charge in [0.15, 0.2) is 0 Å². The average molecular weight is 255 g/mol. The Bertz CT molecular complexity index is 449. The number of carboxylic acids is 1. The molecule has 0 saturated carbocycles. The van der Waals surface area contributed by atoms with Crippen molar-refractivity contribution < 1.29 is 14.7 Å². The molecule has 94 valence electrons. The van der Waals surface area contributed by atoms with Gasteiger partial charge < -0.3 is 10.4 Å². The second kappa shape index (κ2) is 4.87. The van der Waals surface area contributed by atoms with Crippen molar-refractivity contribution in [2.45, 2.75) is 27.7 Å². The molecule has 1 aromatic heterocycles. The molecule has 0 radical (unpaired) electrons. The van der Waals surface area contributed by atoms with Gasteiger partial charge in [-0.2, -0.15) is 0 Å². The lowest BCUT2D eigenvalue weighted by Crippen LogP contribution is -2.38. The first kappa shape index (κ1) is 13.7. The molecule has 1 aromatic rings. The maximum atomic E-state index is 11.9. The summed E-state index contributed by atoms with van der Waals surface area (Å²) in [6.07, 6.45) is 0. The molecule has 4 nitrogen and oxygen atoms in total. The van der Waals surface area contributed by atoms with Crippen molar-refractivity contribution in [1.82, 2.24) is 5.32 Å². The van der Waals surface area contributed by atoms with Gasteiger partial charge in [-0.1, -0.05) is 0 Å². The van der Waals surface area contributed by atoms with Gasteiger partial charge in [0.05, 0.1) is 11.0 Å². The molecule has 1 rings (SSSR count). The predicted molar refractivity (Wildman–Crippen MR) is 67.5 cm³/mol. The number of nitrogens with one attached hydrogen (secondary N) is 1. The van der Waals surface area contributed by atoms with Crippen molar-refractivity contribution in [2.24, 2.45) is 5.41 Å². The molecule has 0 bridgehead atoms. The molecule has 2 N–H and O–H groups in total. The first-order valence-corrected chi connectivity index (χ1v) is 6.14. The lowest BCUT2D eigenvalue weighted by molar-refractivity contribution is -0.146. The number of carbonyl (C=O) groups is 2. The van der Waals surface area contributed by atoms with Gasteiger partial charge in [0.25, 0.3) is 5.91 Å². The van der Waals surface area contributed by atoms with Crippen LogP contribution >= 0.6 is 11.3 Å². The van der Waals surface area contributed by atoms with E-state index in [1.165, 1.54) is 0 Å². The van der Waals surface area contributed by atoms with Crippen LogP contribution in [0.5, 0.6) is 0 Å². The zero-order valence-corrected chi connectivity index (χ0v) is 11.3. The Morgan fingerprint density at radius 1 is 1.41 bits per heavy atom. The van der Waals surface area contributed by atoms with E-state index in [2.05, 4.69) is 5.32 Å². The molecule has 0 fully saturated rings. The van der Waals surface area contributed by atoms with Gasteiger partial charge in [-0.15, -0.1) is 11.3 Å². The third-order valence-electron chi connectivity index (χ3n) is 2.56. The third kappa shape index (κ3) is 3.30. The van der Waals surface area contributed by atoms with Crippen LogP contribution < -0.4 is 5.32 Å². The molecule has 0 unspecified atom stereocenters. The summed E-state index contributed by atoms with van der Waals surface area (Å²) in [6.45, 7) is 7.11. The predicted octanol–water partition coefficient (Wildman–Crippen LogP) is 2.21. The molecule has 0 aromatic carbocycles. The lowest BCUT2D eigenvalue weighted by atomic mass is 9.94. The molecule has 0 aliphatic rings. The molecule has 5 heteroatoms. The van der Waals surface area contributed by atoms with Gasteiger partial charge in [0, 0.05) is 16.3 Å². The van der Waals surface area contributed by atoms with Crippen molar-refractivity contribution in [2.75, 3.05) is 6.54 Å². The van der Waals surface area contributed by atoms with Crippen LogP contribution in [0.4, 0.5) is 0 Å². The Kier molecular flexibility index (Phi) is 3.93. The fourth-order valence-electron chi connectivity index (χ4n) is 1.33. The highest BCUT2D eigenvalue weighted by molar-refractivity contribution is 7.12. The first-order valence-electron chi connectivity index (χ1n) is 5.32. The van der Waals surface area contributed by atoms with E-state index in [4.69, 9.17) is 5.11 Å². The fraction of sp³-hybridized carbons (Fsp3) is 0.500. The summed E-state index contributed by atoms with van der Waals surface area (Å²) in [5, 5.41) is 11.6. The standard InChI is InChI=1S/C12H17NO3S/c1-7-5-9(8(2)17-7)10(14)13-6-12(3,4)11(15)16/h5H,6H2,1-4H3,(H,13,14)(H,15,16). The average Bonchev–Trinajstić information content (AvgIpc) is 2.54.